The molecule has 2 rings (SSSR count). The molecule has 0 saturated carbocycles. The summed E-state index contributed by atoms with van der Waals surface area (Å²) in [4.78, 5) is 48.6. The van der Waals surface area contributed by atoms with Crippen LogP contribution in [-0.2, 0) is 37.1 Å². The van der Waals surface area contributed by atoms with E-state index in [2.05, 4.69) is 16.0 Å². The summed E-state index contributed by atoms with van der Waals surface area (Å²) in [6, 6.07) is 17.4. The summed E-state index contributed by atoms with van der Waals surface area (Å²) in [5.41, 5.74) is 1.65. The van der Waals surface area contributed by atoms with Gasteiger partial charge in [-0.05, 0) is 23.5 Å². The lowest BCUT2D eigenvalue weighted by Gasteiger charge is -2.20. The molecule has 182 valence electrons. The first-order chi connectivity index (χ1) is 16.3. The second-order valence-electron chi connectivity index (χ2n) is 8.03. The molecule has 3 amide bonds. The summed E-state index contributed by atoms with van der Waals surface area (Å²) in [6.07, 6.45) is -0.389. The van der Waals surface area contributed by atoms with Crippen molar-refractivity contribution in [1.82, 2.24) is 16.0 Å². The Bertz CT molecular complexity index is 934. The van der Waals surface area contributed by atoms with Crippen LogP contribution in [0.2, 0.25) is 0 Å². The van der Waals surface area contributed by atoms with E-state index in [4.69, 9.17) is 9.47 Å². The first-order valence-corrected chi connectivity index (χ1v) is 11.0. The van der Waals surface area contributed by atoms with Crippen molar-refractivity contribution in [3.8, 4) is 0 Å². The Labute approximate surface area is 199 Å². The molecule has 0 aromatic heterocycles. The predicted octanol–water partition coefficient (Wildman–Crippen LogP) is 2.30. The van der Waals surface area contributed by atoms with Crippen molar-refractivity contribution < 1.29 is 28.7 Å². The topological polar surface area (TPSA) is 123 Å². The maximum absolute atomic E-state index is 12.5. The fourth-order valence-electron chi connectivity index (χ4n) is 2.95. The molecular weight excluding hydrogens is 438 g/mol. The quantitative estimate of drug-likeness (QED) is 0.410. The van der Waals surface area contributed by atoms with Crippen LogP contribution in [0.4, 0.5) is 4.79 Å². The molecule has 9 nitrogen and oxygen atoms in total. The smallest absolute Gasteiger partial charge is 0.407 e. The van der Waals surface area contributed by atoms with Gasteiger partial charge in [0.15, 0.2) is 0 Å². The summed E-state index contributed by atoms with van der Waals surface area (Å²) in [6.45, 7) is 3.31. The van der Waals surface area contributed by atoms with Gasteiger partial charge in [0.25, 0.3) is 0 Å². The fraction of sp³-hybridized carbons (Fsp3) is 0.360. The molecule has 0 spiro atoms. The van der Waals surface area contributed by atoms with Crippen LogP contribution >= 0.6 is 0 Å². The van der Waals surface area contributed by atoms with E-state index in [1.807, 2.05) is 74.5 Å². The van der Waals surface area contributed by atoms with Crippen LogP contribution < -0.4 is 16.0 Å². The van der Waals surface area contributed by atoms with Gasteiger partial charge in [0.05, 0.1) is 0 Å². The van der Waals surface area contributed by atoms with Crippen LogP contribution in [0, 0.1) is 5.92 Å². The molecule has 0 fully saturated rings. The van der Waals surface area contributed by atoms with Crippen molar-refractivity contribution in [3.05, 3.63) is 71.8 Å². The Balaban J connectivity index is 1.73. The molecule has 1 unspecified atom stereocenters. The number of amides is 3. The van der Waals surface area contributed by atoms with E-state index in [1.165, 1.54) is 0 Å². The second-order valence-corrected chi connectivity index (χ2v) is 8.03. The summed E-state index contributed by atoms with van der Waals surface area (Å²) < 4.78 is 10.2. The van der Waals surface area contributed by atoms with Crippen molar-refractivity contribution >= 4 is 23.9 Å². The number of hydrogen-bond acceptors (Lipinski definition) is 6. The maximum Gasteiger partial charge on any atom is 0.407 e. The Morgan fingerprint density at radius 3 is 1.88 bits per heavy atom. The van der Waals surface area contributed by atoms with Gasteiger partial charge < -0.3 is 25.4 Å². The van der Waals surface area contributed by atoms with E-state index in [-0.39, 0.29) is 32.2 Å². The molecule has 0 radical (unpaired) electrons. The van der Waals surface area contributed by atoms with E-state index < -0.39 is 29.9 Å². The van der Waals surface area contributed by atoms with Gasteiger partial charge in [-0.15, -0.1) is 0 Å². The number of esters is 1. The SMILES string of the molecule is CC(C)CC(NC(=O)CNC(=O)OCc1ccccc1)C(=O)NCC(=O)OCc1ccccc1. The van der Waals surface area contributed by atoms with E-state index >= 15 is 0 Å². The van der Waals surface area contributed by atoms with Gasteiger partial charge in [0, 0.05) is 0 Å². The van der Waals surface area contributed by atoms with E-state index in [0.717, 1.165) is 11.1 Å². The van der Waals surface area contributed by atoms with E-state index in [9.17, 15) is 19.2 Å². The Morgan fingerprint density at radius 2 is 1.32 bits per heavy atom. The monoisotopic (exact) mass is 469 g/mol. The van der Waals surface area contributed by atoms with Gasteiger partial charge in [-0.2, -0.15) is 0 Å². The highest BCUT2D eigenvalue weighted by Crippen LogP contribution is 2.05. The third-order valence-electron chi connectivity index (χ3n) is 4.61. The molecule has 0 heterocycles. The first kappa shape index (κ1) is 26.4. The van der Waals surface area contributed by atoms with Crippen LogP contribution in [0.1, 0.15) is 31.4 Å². The molecular formula is C25H31N3O6. The third-order valence-corrected chi connectivity index (χ3v) is 4.61. The number of carbonyl (C=O) groups is 4. The number of rotatable bonds is 12. The molecule has 3 N–H and O–H groups in total. The molecule has 0 aliphatic rings. The van der Waals surface area contributed by atoms with Crippen molar-refractivity contribution in [2.45, 2.75) is 39.5 Å². The van der Waals surface area contributed by atoms with Gasteiger partial charge in [-0.1, -0.05) is 74.5 Å². The van der Waals surface area contributed by atoms with E-state index in [0.29, 0.717) is 6.42 Å². The molecule has 0 aliphatic carbocycles. The Kier molecular flexibility index (Phi) is 11.1. The summed E-state index contributed by atoms with van der Waals surface area (Å²) in [7, 11) is 0. The van der Waals surface area contributed by atoms with Crippen molar-refractivity contribution in [3.63, 3.8) is 0 Å². The standard InChI is InChI=1S/C25H31N3O6/c1-18(2)13-21(24(31)26-15-23(30)33-16-19-9-5-3-6-10-19)28-22(29)14-27-25(32)34-17-20-11-7-4-8-12-20/h3-12,18,21H,13-17H2,1-2H3,(H,26,31)(H,27,32)(H,28,29). The molecule has 0 saturated heterocycles. The third kappa shape index (κ3) is 10.6. The molecule has 2 aromatic carbocycles. The minimum atomic E-state index is -0.864. The zero-order valence-corrected chi connectivity index (χ0v) is 19.4. The lowest BCUT2D eigenvalue weighted by atomic mass is 10.0. The molecule has 2 aromatic rings. The van der Waals surface area contributed by atoms with Gasteiger partial charge >= 0.3 is 12.1 Å². The zero-order chi connectivity index (χ0) is 24.8. The number of ether oxygens (including phenoxy) is 2. The molecule has 9 heteroatoms. The van der Waals surface area contributed by atoms with Crippen molar-refractivity contribution in [2.75, 3.05) is 13.1 Å². The van der Waals surface area contributed by atoms with Crippen LogP contribution in [0.25, 0.3) is 0 Å². The van der Waals surface area contributed by atoms with Gasteiger partial charge in [0.1, 0.15) is 32.3 Å². The predicted molar refractivity (Wildman–Crippen MR) is 125 cm³/mol. The lowest BCUT2D eigenvalue weighted by molar-refractivity contribution is -0.145. The number of alkyl carbamates (subject to hydrolysis) is 1. The highest BCUT2D eigenvalue weighted by atomic mass is 16.5. The number of benzene rings is 2. The fourth-order valence-corrected chi connectivity index (χ4v) is 2.95. The highest BCUT2D eigenvalue weighted by Gasteiger charge is 2.23. The largest absolute Gasteiger partial charge is 0.460 e. The van der Waals surface area contributed by atoms with Gasteiger partial charge in [0.2, 0.25) is 11.8 Å². The molecule has 1 atom stereocenters. The minimum absolute atomic E-state index is 0.0764. The normalized spacial score (nSPS) is 11.3. The van der Waals surface area contributed by atoms with Gasteiger partial charge in [-0.25, -0.2) is 4.79 Å². The minimum Gasteiger partial charge on any atom is -0.460 e. The summed E-state index contributed by atoms with van der Waals surface area (Å²) in [5, 5.41) is 7.43. The summed E-state index contributed by atoms with van der Waals surface area (Å²) in [5.74, 6) is -1.55. The Morgan fingerprint density at radius 1 is 0.765 bits per heavy atom. The summed E-state index contributed by atoms with van der Waals surface area (Å²) >= 11 is 0. The molecule has 0 bridgehead atoms. The number of carbonyl (C=O) groups excluding carboxylic acids is 4. The van der Waals surface area contributed by atoms with Crippen molar-refractivity contribution in [2.24, 2.45) is 5.92 Å². The lowest BCUT2D eigenvalue weighted by Crippen LogP contribution is -2.50. The Hall–Kier alpha value is -3.88. The van der Waals surface area contributed by atoms with Crippen LogP contribution in [0.3, 0.4) is 0 Å². The number of nitrogens with one attached hydrogen (secondary N) is 3. The number of hydrogen-bond donors (Lipinski definition) is 3. The second kappa shape index (κ2) is 14.3. The van der Waals surface area contributed by atoms with Crippen molar-refractivity contribution in [1.29, 1.82) is 0 Å². The highest BCUT2D eigenvalue weighted by molar-refractivity contribution is 5.90. The molecule has 0 aliphatic heterocycles. The molecule has 34 heavy (non-hydrogen) atoms. The van der Waals surface area contributed by atoms with Crippen LogP contribution in [-0.4, -0.2) is 43.0 Å². The van der Waals surface area contributed by atoms with Crippen LogP contribution in [0.5, 0.6) is 0 Å². The first-order valence-electron chi connectivity index (χ1n) is 11.0. The zero-order valence-electron chi connectivity index (χ0n) is 19.4. The maximum atomic E-state index is 12.5. The average Bonchev–Trinajstić information content (AvgIpc) is 2.84. The van der Waals surface area contributed by atoms with Gasteiger partial charge in [-0.3, -0.25) is 14.4 Å². The van der Waals surface area contributed by atoms with E-state index in [1.54, 1.807) is 0 Å². The van der Waals surface area contributed by atoms with Crippen LogP contribution in [0.15, 0.2) is 60.7 Å². The average molecular weight is 470 g/mol.